The quantitative estimate of drug-likeness (QED) is 0.556. The molecule has 3 heteroatoms. The van der Waals surface area contributed by atoms with E-state index in [0.29, 0.717) is 0 Å². The van der Waals surface area contributed by atoms with Crippen molar-refractivity contribution >= 4 is 6.08 Å². The Kier molecular flexibility index (Phi) is 1.24. The van der Waals surface area contributed by atoms with Crippen molar-refractivity contribution in [1.82, 2.24) is 9.66 Å². The minimum absolute atomic E-state index is 0.890. The van der Waals surface area contributed by atoms with Crippen LogP contribution in [0.15, 0.2) is 6.08 Å². The maximum atomic E-state index is 5.74. The lowest BCUT2D eigenvalue weighted by molar-refractivity contribution is 0.823. The second kappa shape index (κ2) is 2.12. The van der Waals surface area contributed by atoms with Crippen LogP contribution in [0.25, 0.3) is 6.08 Å². The molecule has 0 aromatic carbocycles. The zero-order valence-corrected chi connectivity index (χ0v) is 6.54. The highest BCUT2D eigenvalue weighted by Crippen LogP contribution is 2.17. The molecule has 1 heterocycles. The van der Waals surface area contributed by atoms with Gasteiger partial charge in [-0.3, -0.25) is 4.68 Å². The molecule has 0 unspecified atom stereocenters. The van der Waals surface area contributed by atoms with Crippen molar-refractivity contribution in [1.29, 1.82) is 0 Å². The highest BCUT2D eigenvalue weighted by Gasteiger charge is 2.12. The van der Waals surface area contributed by atoms with E-state index in [9.17, 15) is 0 Å². The average molecular weight is 149 g/mol. The van der Waals surface area contributed by atoms with Crippen LogP contribution < -0.4 is 5.84 Å². The summed E-state index contributed by atoms with van der Waals surface area (Å²) >= 11 is 0. The van der Waals surface area contributed by atoms with Crippen LogP contribution in [0.3, 0.4) is 0 Å². The number of nitrogen functional groups attached to an aromatic ring is 1. The molecule has 1 aliphatic carbocycles. The lowest BCUT2D eigenvalue weighted by atomic mass is 10.1. The van der Waals surface area contributed by atoms with E-state index < -0.39 is 0 Å². The van der Waals surface area contributed by atoms with Crippen molar-refractivity contribution in [3.63, 3.8) is 0 Å². The Balaban J connectivity index is 2.61. The van der Waals surface area contributed by atoms with Gasteiger partial charge in [-0.2, -0.15) is 0 Å². The van der Waals surface area contributed by atoms with E-state index in [4.69, 9.17) is 5.84 Å². The number of nitrogens with two attached hydrogens (primary N) is 1. The van der Waals surface area contributed by atoms with Crippen LogP contribution in [0.2, 0.25) is 0 Å². The zero-order chi connectivity index (χ0) is 7.84. The van der Waals surface area contributed by atoms with Gasteiger partial charge in [-0.25, -0.2) is 4.98 Å². The molecule has 1 aromatic rings. The lowest BCUT2D eigenvalue weighted by Crippen LogP contribution is -2.14. The summed E-state index contributed by atoms with van der Waals surface area (Å²) in [5.41, 5.74) is 2.20. The summed E-state index contributed by atoms with van der Waals surface area (Å²) in [6.45, 7) is 1.92. The molecule has 0 aliphatic heterocycles. The Morgan fingerprint density at radius 1 is 1.64 bits per heavy atom. The van der Waals surface area contributed by atoms with E-state index >= 15 is 0 Å². The molecule has 2 N–H and O–H groups in total. The fraction of sp³-hybridized carbons (Fsp3) is 0.375. The minimum Gasteiger partial charge on any atom is -0.338 e. The Hall–Kier alpha value is -1.25. The standard InChI is InChI=1S/C8H11N3/c1-6-10-7-4-2-3-5-8(7)11(6)9/h2,4H,3,5,9H2,1H3. The van der Waals surface area contributed by atoms with Crippen LogP contribution in [0.4, 0.5) is 0 Å². The molecule has 58 valence electrons. The third kappa shape index (κ3) is 0.843. The molecule has 0 radical (unpaired) electrons. The van der Waals surface area contributed by atoms with Crippen LogP contribution in [-0.2, 0) is 6.42 Å². The first-order chi connectivity index (χ1) is 5.29. The van der Waals surface area contributed by atoms with Crippen molar-refractivity contribution in [2.75, 3.05) is 5.84 Å². The highest BCUT2D eigenvalue weighted by atomic mass is 15.3. The summed E-state index contributed by atoms with van der Waals surface area (Å²) in [7, 11) is 0. The van der Waals surface area contributed by atoms with Gasteiger partial charge in [-0.05, 0) is 25.8 Å². The first-order valence-electron chi connectivity index (χ1n) is 3.79. The maximum absolute atomic E-state index is 5.74. The summed E-state index contributed by atoms with van der Waals surface area (Å²) in [6.07, 6.45) is 6.27. The van der Waals surface area contributed by atoms with Gasteiger partial charge in [-0.1, -0.05) is 6.08 Å². The van der Waals surface area contributed by atoms with Gasteiger partial charge in [0, 0.05) is 0 Å². The third-order valence-electron chi connectivity index (χ3n) is 2.04. The van der Waals surface area contributed by atoms with Gasteiger partial charge in [-0.15, -0.1) is 0 Å². The molecule has 0 bridgehead atoms. The van der Waals surface area contributed by atoms with Crippen molar-refractivity contribution < 1.29 is 0 Å². The zero-order valence-electron chi connectivity index (χ0n) is 6.54. The topological polar surface area (TPSA) is 43.8 Å². The van der Waals surface area contributed by atoms with Crippen LogP contribution in [0.1, 0.15) is 23.6 Å². The summed E-state index contributed by atoms with van der Waals surface area (Å²) in [4.78, 5) is 4.30. The van der Waals surface area contributed by atoms with Crippen LogP contribution in [0, 0.1) is 6.92 Å². The molecule has 0 amide bonds. The fourth-order valence-electron chi connectivity index (χ4n) is 1.41. The van der Waals surface area contributed by atoms with Crippen molar-refractivity contribution in [3.8, 4) is 0 Å². The Morgan fingerprint density at radius 2 is 2.45 bits per heavy atom. The average Bonchev–Trinajstić information content (AvgIpc) is 2.30. The summed E-state index contributed by atoms with van der Waals surface area (Å²) < 4.78 is 1.68. The molecule has 11 heavy (non-hydrogen) atoms. The predicted octanol–water partition coefficient (Wildman–Crippen LogP) is 0.865. The molecule has 0 saturated carbocycles. The summed E-state index contributed by atoms with van der Waals surface area (Å²) in [6, 6.07) is 0. The number of rotatable bonds is 0. The molecule has 0 fully saturated rings. The maximum Gasteiger partial charge on any atom is 0.125 e. The van der Waals surface area contributed by atoms with Gasteiger partial charge in [0.15, 0.2) is 0 Å². The summed E-state index contributed by atoms with van der Waals surface area (Å²) in [5.74, 6) is 6.63. The molecule has 0 atom stereocenters. The predicted molar refractivity (Wildman–Crippen MR) is 44.5 cm³/mol. The lowest BCUT2D eigenvalue weighted by Gasteiger charge is -2.05. The second-order valence-electron chi connectivity index (χ2n) is 2.80. The number of nitrogens with zero attached hydrogens (tertiary/aromatic N) is 2. The van der Waals surface area contributed by atoms with Crippen molar-refractivity contribution in [2.45, 2.75) is 19.8 Å². The smallest absolute Gasteiger partial charge is 0.125 e. The third-order valence-corrected chi connectivity index (χ3v) is 2.04. The number of aromatic nitrogens is 2. The Bertz CT molecular complexity index is 309. The Labute approximate surface area is 65.5 Å². The van der Waals surface area contributed by atoms with E-state index in [1.165, 1.54) is 0 Å². The molecule has 1 aromatic heterocycles. The van der Waals surface area contributed by atoms with Gasteiger partial charge in [0.2, 0.25) is 0 Å². The highest BCUT2D eigenvalue weighted by molar-refractivity contribution is 5.50. The number of fused-ring (bicyclic) bond motifs is 1. The molecule has 1 aliphatic rings. The van der Waals surface area contributed by atoms with Gasteiger partial charge >= 0.3 is 0 Å². The molecule has 2 rings (SSSR count). The van der Waals surface area contributed by atoms with E-state index in [1.807, 2.05) is 13.0 Å². The SMILES string of the molecule is Cc1nc2c(n1N)CCC=C2. The molecule has 3 nitrogen and oxygen atoms in total. The largest absolute Gasteiger partial charge is 0.338 e. The van der Waals surface area contributed by atoms with Gasteiger partial charge in [0.1, 0.15) is 5.82 Å². The normalized spacial score (nSPS) is 15.0. The van der Waals surface area contributed by atoms with Crippen LogP contribution in [-0.4, -0.2) is 9.66 Å². The van der Waals surface area contributed by atoms with Gasteiger partial charge in [0.05, 0.1) is 11.4 Å². The number of hydrogen-bond acceptors (Lipinski definition) is 2. The first kappa shape index (κ1) is 6.46. The van der Waals surface area contributed by atoms with E-state index in [2.05, 4.69) is 11.1 Å². The van der Waals surface area contributed by atoms with Crippen molar-refractivity contribution in [2.24, 2.45) is 0 Å². The van der Waals surface area contributed by atoms with Crippen LogP contribution in [0.5, 0.6) is 0 Å². The monoisotopic (exact) mass is 149 g/mol. The van der Waals surface area contributed by atoms with Gasteiger partial charge < -0.3 is 5.84 Å². The minimum atomic E-state index is 0.890. The molecule has 0 spiro atoms. The van der Waals surface area contributed by atoms with E-state index in [0.717, 1.165) is 30.1 Å². The molecular formula is C8H11N3. The number of hydrogen-bond donors (Lipinski definition) is 1. The second-order valence-corrected chi connectivity index (χ2v) is 2.80. The summed E-state index contributed by atoms with van der Waals surface area (Å²) in [5, 5.41) is 0. The molecule has 0 saturated heterocycles. The first-order valence-corrected chi connectivity index (χ1v) is 3.79. The molecular weight excluding hydrogens is 138 g/mol. The number of allylic oxidation sites excluding steroid dienone is 1. The van der Waals surface area contributed by atoms with E-state index in [1.54, 1.807) is 4.68 Å². The van der Waals surface area contributed by atoms with Crippen molar-refractivity contribution in [3.05, 3.63) is 23.3 Å². The van der Waals surface area contributed by atoms with Gasteiger partial charge in [0.25, 0.3) is 0 Å². The number of aryl methyl sites for hydroxylation is 1. The fourth-order valence-corrected chi connectivity index (χ4v) is 1.41. The Morgan fingerprint density at radius 3 is 3.18 bits per heavy atom. The van der Waals surface area contributed by atoms with Crippen LogP contribution >= 0.6 is 0 Å². The number of imidazole rings is 1. The van der Waals surface area contributed by atoms with E-state index in [-0.39, 0.29) is 0 Å².